The Morgan fingerprint density at radius 3 is 3.00 bits per heavy atom. The number of carbonyl (C=O) groups excluding carboxylic acids is 1. The molecule has 1 aliphatic rings. The zero-order valence-corrected chi connectivity index (χ0v) is 13.4. The number of nitrogens with one attached hydrogen (secondary N) is 2. The van der Waals surface area contributed by atoms with Gasteiger partial charge in [-0.3, -0.25) is 4.79 Å². The first-order chi connectivity index (χ1) is 10.6. The van der Waals surface area contributed by atoms with E-state index < -0.39 is 0 Å². The number of fused-ring (bicyclic) bond motifs is 1. The van der Waals surface area contributed by atoms with Crippen molar-refractivity contribution < 1.29 is 4.79 Å². The van der Waals surface area contributed by atoms with E-state index >= 15 is 0 Å². The van der Waals surface area contributed by atoms with E-state index in [-0.39, 0.29) is 5.91 Å². The Kier molecular flexibility index (Phi) is 4.11. The highest BCUT2D eigenvalue weighted by atomic mass is 16.1. The molecule has 1 fully saturated rings. The molecule has 1 unspecified atom stereocenters. The van der Waals surface area contributed by atoms with Crippen molar-refractivity contribution in [1.82, 2.24) is 25.2 Å². The van der Waals surface area contributed by atoms with Crippen LogP contribution in [0, 0.1) is 26.7 Å². The first kappa shape index (κ1) is 15.0. The number of aryl methyl sites for hydroxylation is 3. The second-order valence-corrected chi connectivity index (χ2v) is 6.16. The topological polar surface area (TPSA) is 71.3 Å². The van der Waals surface area contributed by atoms with Gasteiger partial charge in [0.05, 0.1) is 5.69 Å². The molecule has 0 radical (unpaired) electrons. The number of hydrogen-bond acceptors (Lipinski definition) is 4. The van der Waals surface area contributed by atoms with Gasteiger partial charge in [0.15, 0.2) is 5.65 Å². The predicted octanol–water partition coefficient (Wildman–Crippen LogP) is 1.38. The maximum atomic E-state index is 12.6. The number of piperidine rings is 1. The van der Waals surface area contributed by atoms with Gasteiger partial charge in [-0.2, -0.15) is 5.10 Å². The first-order valence-corrected chi connectivity index (χ1v) is 7.88. The molecule has 3 rings (SSSR count). The van der Waals surface area contributed by atoms with Crippen LogP contribution in [-0.4, -0.2) is 40.1 Å². The molecule has 22 heavy (non-hydrogen) atoms. The standard InChI is InChI=1S/C16H23N5O/c1-10-7-11(2)21-15(19-10)14(12(3)20-21)16(22)18-9-13-5-4-6-17-8-13/h7,13,17H,4-6,8-9H2,1-3H3,(H,18,22). The van der Waals surface area contributed by atoms with E-state index in [9.17, 15) is 4.79 Å². The van der Waals surface area contributed by atoms with Gasteiger partial charge < -0.3 is 10.6 Å². The van der Waals surface area contributed by atoms with Gasteiger partial charge in [0, 0.05) is 17.9 Å². The molecule has 0 saturated carbocycles. The Balaban J connectivity index is 1.82. The van der Waals surface area contributed by atoms with Crippen LogP contribution in [0.25, 0.3) is 5.65 Å². The monoisotopic (exact) mass is 301 g/mol. The molecule has 6 heteroatoms. The Hall–Kier alpha value is -1.95. The first-order valence-electron chi connectivity index (χ1n) is 7.88. The average molecular weight is 301 g/mol. The molecule has 1 saturated heterocycles. The molecule has 3 heterocycles. The molecule has 2 aromatic rings. The SMILES string of the molecule is Cc1cc(C)n2nc(C)c(C(=O)NCC3CCCNC3)c2n1. The van der Waals surface area contributed by atoms with Gasteiger partial charge in [-0.15, -0.1) is 0 Å². The third-order valence-electron chi connectivity index (χ3n) is 4.25. The smallest absolute Gasteiger partial charge is 0.257 e. The minimum Gasteiger partial charge on any atom is -0.352 e. The quantitative estimate of drug-likeness (QED) is 0.898. The number of nitrogens with zero attached hydrogens (tertiary/aromatic N) is 3. The van der Waals surface area contributed by atoms with Crippen molar-refractivity contribution >= 4 is 11.6 Å². The van der Waals surface area contributed by atoms with E-state index in [4.69, 9.17) is 0 Å². The maximum Gasteiger partial charge on any atom is 0.257 e. The number of amides is 1. The van der Waals surface area contributed by atoms with E-state index in [2.05, 4.69) is 20.7 Å². The van der Waals surface area contributed by atoms with Crippen LogP contribution in [0.1, 0.15) is 40.3 Å². The van der Waals surface area contributed by atoms with Gasteiger partial charge in [-0.25, -0.2) is 9.50 Å². The largest absolute Gasteiger partial charge is 0.352 e. The molecule has 2 N–H and O–H groups in total. The van der Waals surface area contributed by atoms with E-state index in [1.54, 1.807) is 4.52 Å². The van der Waals surface area contributed by atoms with Gasteiger partial charge in [0.2, 0.25) is 0 Å². The molecule has 1 amide bonds. The molecule has 0 spiro atoms. The zero-order chi connectivity index (χ0) is 15.7. The average Bonchev–Trinajstić information content (AvgIpc) is 2.82. The van der Waals surface area contributed by atoms with E-state index in [0.29, 0.717) is 23.7 Å². The number of rotatable bonds is 3. The van der Waals surface area contributed by atoms with Crippen LogP contribution in [0.15, 0.2) is 6.07 Å². The van der Waals surface area contributed by atoms with E-state index in [0.717, 1.165) is 36.6 Å². The van der Waals surface area contributed by atoms with Crippen LogP contribution < -0.4 is 10.6 Å². The van der Waals surface area contributed by atoms with Crippen molar-refractivity contribution in [2.75, 3.05) is 19.6 Å². The summed E-state index contributed by atoms with van der Waals surface area (Å²) in [7, 11) is 0. The van der Waals surface area contributed by atoms with Crippen molar-refractivity contribution in [3.63, 3.8) is 0 Å². The molecule has 0 bridgehead atoms. The minimum absolute atomic E-state index is 0.0735. The van der Waals surface area contributed by atoms with E-state index in [1.807, 2.05) is 26.8 Å². The molecule has 0 aliphatic carbocycles. The number of carbonyl (C=O) groups is 1. The predicted molar refractivity (Wildman–Crippen MR) is 85.1 cm³/mol. The summed E-state index contributed by atoms with van der Waals surface area (Å²) in [5.74, 6) is 0.437. The highest BCUT2D eigenvalue weighted by Gasteiger charge is 2.21. The summed E-state index contributed by atoms with van der Waals surface area (Å²) in [5.41, 5.74) is 3.85. The van der Waals surface area contributed by atoms with Crippen molar-refractivity contribution in [2.45, 2.75) is 33.6 Å². The van der Waals surface area contributed by atoms with Gasteiger partial charge in [0.1, 0.15) is 5.56 Å². The third-order valence-corrected chi connectivity index (χ3v) is 4.25. The van der Waals surface area contributed by atoms with Crippen molar-refractivity contribution in [1.29, 1.82) is 0 Å². The Morgan fingerprint density at radius 2 is 2.27 bits per heavy atom. The van der Waals surface area contributed by atoms with Gasteiger partial charge >= 0.3 is 0 Å². The maximum absolute atomic E-state index is 12.6. The fourth-order valence-corrected chi connectivity index (χ4v) is 3.12. The van der Waals surface area contributed by atoms with Gasteiger partial charge in [-0.05, 0) is 58.7 Å². The van der Waals surface area contributed by atoms with Crippen LogP contribution in [0.2, 0.25) is 0 Å². The zero-order valence-electron chi connectivity index (χ0n) is 13.4. The van der Waals surface area contributed by atoms with E-state index in [1.165, 1.54) is 6.42 Å². The molecular formula is C16H23N5O. The summed E-state index contributed by atoms with van der Waals surface area (Å²) in [5, 5.41) is 10.9. The molecule has 0 aromatic carbocycles. The summed E-state index contributed by atoms with van der Waals surface area (Å²) in [6, 6.07) is 1.97. The lowest BCUT2D eigenvalue weighted by Gasteiger charge is -2.22. The molecule has 2 aromatic heterocycles. The normalized spacial score (nSPS) is 18.6. The van der Waals surface area contributed by atoms with Gasteiger partial charge in [-0.1, -0.05) is 0 Å². The Morgan fingerprint density at radius 1 is 1.45 bits per heavy atom. The van der Waals surface area contributed by atoms with Crippen molar-refractivity contribution in [3.05, 3.63) is 28.7 Å². The van der Waals surface area contributed by atoms with Gasteiger partial charge in [0.25, 0.3) is 5.91 Å². The third kappa shape index (κ3) is 2.83. The van der Waals surface area contributed by atoms with Crippen LogP contribution in [0.3, 0.4) is 0 Å². The van der Waals surface area contributed by atoms with Crippen LogP contribution in [0.5, 0.6) is 0 Å². The van der Waals surface area contributed by atoms with Crippen LogP contribution in [-0.2, 0) is 0 Å². The summed E-state index contributed by atoms with van der Waals surface area (Å²) in [6.45, 7) is 8.53. The summed E-state index contributed by atoms with van der Waals surface area (Å²) < 4.78 is 1.75. The fourth-order valence-electron chi connectivity index (χ4n) is 3.12. The molecule has 6 nitrogen and oxygen atoms in total. The number of aromatic nitrogens is 3. The lowest BCUT2D eigenvalue weighted by molar-refractivity contribution is 0.0945. The summed E-state index contributed by atoms with van der Waals surface area (Å²) in [4.78, 5) is 17.1. The molecular weight excluding hydrogens is 278 g/mol. The van der Waals surface area contributed by atoms with Crippen LogP contribution >= 0.6 is 0 Å². The second-order valence-electron chi connectivity index (χ2n) is 6.16. The highest BCUT2D eigenvalue weighted by Crippen LogP contribution is 2.16. The fraction of sp³-hybridized carbons (Fsp3) is 0.562. The Bertz CT molecular complexity index is 700. The highest BCUT2D eigenvalue weighted by molar-refractivity contribution is 6.01. The van der Waals surface area contributed by atoms with Crippen LogP contribution in [0.4, 0.5) is 0 Å². The minimum atomic E-state index is -0.0735. The number of hydrogen-bond donors (Lipinski definition) is 2. The lowest BCUT2D eigenvalue weighted by atomic mass is 10.00. The summed E-state index contributed by atoms with van der Waals surface area (Å²) >= 11 is 0. The molecule has 1 aliphatic heterocycles. The lowest BCUT2D eigenvalue weighted by Crippen LogP contribution is -2.38. The van der Waals surface area contributed by atoms with Crippen molar-refractivity contribution in [2.24, 2.45) is 5.92 Å². The summed E-state index contributed by atoms with van der Waals surface area (Å²) in [6.07, 6.45) is 2.34. The molecule has 1 atom stereocenters. The second kappa shape index (κ2) is 6.04. The van der Waals surface area contributed by atoms with Crippen molar-refractivity contribution in [3.8, 4) is 0 Å². The molecule has 118 valence electrons. The Labute approximate surface area is 130 Å².